The number of aryl methyl sites for hydroxylation is 1. The van der Waals surface area contributed by atoms with E-state index in [-0.39, 0.29) is 22.5 Å². The predicted octanol–water partition coefficient (Wildman–Crippen LogP) is 4.42. The fraction of sp³-hybridized carbons (Fsp3) is 0.533. The van der Waals surface area contributed by atoms with Crippen molar-refractivity contribution in [2.45, 2.75) is 39.0 Å². The number of hydrogen-bond acceptors (Lipinski definition) is 1. The Bertz CT molecular complexity index is 440. The molecule has 2 rings (SSSR count). The number of ketones is 1. The fourth-order valence-corrected chi connectivity index (χ4v) is 2.42. The third kappa shape index (κ3) is 3.55. The van der Waals surface area contributed by atoms with Gasteiger partial charge in [0.25, 0.3) is 0 Å². The average Bonchev–Trinajstić information content (AvgIpc) is 3.14. The molecular formula is C15H18ClFO. The number of carbonyl (C=O) groups excluding carboxylic acids is 1. The Balaban J connectivity index is 1.86. The maximum atomic E-state index is 13.6. The van der Waals surface area contributed by atoms with E-state index in [1.54, 1.807) is 12.1 Å². The van der Waals surface area contributed by atoms with Gasteiger partial charge in [-0.1, -0.05) is 43.5 Å². The molecule has 0 heterocycles. The molecule has 0 aliphatic heterocycles. The Labute approximate surface area is 112 Å². The highest BCUT2D eigenvalue weighted by Gasteiger charge is 2.26. The van der Waals surface area contributed by atoms with Gasteiger partial charge >= 0.3 is 0 Å². The first-order chi connectivity index (χ1) is 8.58. The minimum atomic E-state index is -0.387. The van der Waals surface area contributed by atoms with E-state index in [0.29, 0.717) is 18.4 Å². The second kappa shape index (κ2) is 5.83. The summed E-state index contributed by atoms with van der Waals surface area (Å²) < 4.78 is 13.6. The molecule has 1 nitrogen and oxygen atoms in total. The van der Waals surface area contributed by atoms with Crippen molar-refractivity contribution in [2.24, 2.45) is 11.8 Å². The lowest BCUT2D eigenvalue weighted by Gasteiger charge is -2.10. The Kier molecular flexibility index (Phi) is 4.39. The maximum absolute atomic E-state index is 13.6. The zero-order chi connectivity index (χ0) is 13.1. The summed E-state index contributed by atoms with van der Waals surface area (Å²) in [5.41, 5.74) is 0.537. The summed E-state index contributed by atoms with van der Waals surface area (Å²) in [6.45, 7) is 1.98. The molecule has 0 N–H and O–H groups in total. The van der Waals surface area contributed by atoms with Gasteiger partial charge in [-0.05, 0) is 30.4 Å². The summed E-state index contributed by atoms with van der Waals surface area (Å²) in [7, 11) is 0. The van der Waals surface area contributed by atoms with Gasteiger partial charge in [-0.15, -0.1) is 0 Å². The van der Waals surface area contributed by atoms with Gasteiger partial charge in [-0.3, -0.25) is 4.79 Å². The minimum Gasteiger partial charge on any atom is -0.299 e. The Hall–Kier alpha value is -0.890. The van der Waals surface area contributed by atoms with E-state index >= 15 is 0 Å². The lowest BCUT2D eigenvalue weighted by Crippen LogP contribution is -2.12. The van der Waals surface area contributed by atoms with Crippen molar-refractivity contribution in [3.63, 3.8) is 0 Å². The molecule has 1 aromatic carbocycles. The minimum absolute atomic E-state index is 0.111. The lowest BCUT2D eigenvalue weighted by atomic mass is 9.95. The van der Waals surface area contributed by atoms with Crippen molar-refractivity contribution in [1.82, 2.24) is 0 Å². The molecule has 1 fully saturated rings. The summed E-state index contributed by atoms with van der Waals surface area (Å²) in [6.07, 6.45) is 4.38. The van der Waals surface area contributed by atoms with Gasteiger partial charge in [0.05, 0.1) is 5.02 Å². The standard InChI is InChI=1S/C15H18ClFO/c1-10(9-11-5-6-11)14(18)8-7-12-3-2-4-13(16)15(12)17/h2-4,10-11H,5-9H2,1H3/t10-/m0/s1. The highest BCUT2D eigenvalue weighted by atomic mass is 35.5. The monoisotopic (exact) mass is 268 g/mol. The summed E-state index contributed by atoms with van der Waals surface area (Å²) in [5, 5.41) is 0.131. The van der Waals surface area contributed by atoms with Crippen LogP contribution in [0.4, 0.5) is 4.39 Å². The van der Waals surface area contributed by atoms with E-state index < -0.39 is 0 Å². The topological polar surface area (TPSA) is 17.1 Å². The number of rotatable bonds is 6. The van der Waals surface area contributed by atoms with Crippen molar-refractivity contribution < 1.29 is 9.18 Å². The Morgan fingerprint density at radius 1 is 1.50 bits per heavy atom. The molecule has 1 aliphatic rings. The highest BCUT2D eigenvalue weighted by Crippen LogP contribution is 2.35. The van der Waals surface area contributed by atoms with Crippen LogP contribution < -0.4 is 0 Å². The van der Waals surface area contributed by atoms with E-state index in [1.807, 2.05) is 6.92 Å². The first-order valence-electron chi connectivity index (χ1n) is 6.53. The van der Waals surface area contributed by atoms with Gasteiger partial charge in [0.1, 0.15) is 11.6 Å². The number of carbonyl (C=O) groups is 1. The summed E-state index contributed by atoms with van der Waals surface area (Å²) in [5.74, 6) is 0.717. The highest BCUT2D eigenvalue weighted by molar-refractivity contribution is 6.30. The van der Waals surface area contributed by atoms with Crippen LogP contribution in [0.1, 0.15) is 38.2 Å². The van der Waals surface area contributed by atoms with Crippen molar-refractivity contribution >= 4 is 17.4 Å². The average molecular weight is 269 g/mol. The molecule has 1 aliphatic carbocycles. The van der Waals surface area contributed by atoms with Crippen LogP contribution in [0.2, 0.25) is 5.02 Å². The van der Waals surface area contributed by atoms with Gasteiger partial charge in [0, 0.05) is 12.3 Å². The molecule has 0 amide bonds. The molecule has 0 radical (unpaired) electrons. The molecule has 0 saturated heterocycles. The third-order valence-corrected chi connectivity index (χ3v) is 3.90. The molecule has 98 valence electrons. The second-order valence-electron chi connectivity index (χ2n) is 5.26. The Morgan fingerprint density at radius 2 is 2.22 bits per heavy atom. The van der Waals surface area contributed by atoms with Crippen molar-refractivity contribution in [3.05, 3.63) is 34.6 Å². The van der Waals surface area contributed by atoms with Gasteiger partial charge in [-0.2, -0.15) is 0 Å². The molecule has 1 saturated carbocycles. The van der Waals surface area contributed by atoms with E-state index in [2.05, 4.69) is 0 Å². The number of halogens is 2. The first kappa shape index (κ1) is 13.5. The van der Waals surface area contributed by atoms with Crippen molar-refractivity contribution in [1.29, 1.82) is 0 Å². The molecule has 1 atom stereocenters. The first-order valence-corrected chi connectivity index (χ1v) is 6.91. The van der Waals surface area contributed by atoms with Crippen LogP contribution in [-0.2, 0) is 11.2 Å². The maximum Gasteiger partial charge on any atom is 0.144 e. The van der Waals surface area contributed by atoms with Crippen LogP contribution in [0, 0.1) is 17.7 Å². The summed E-state index contributed by atoms with van der Waals surface area (Å²) in [6, 6.07) is 4.94. The molecule has 0 unspecified atom stereocenters. The molecule has 0 aromatic heterocycles. The molecule has 3 heteroatoms. The normalized spacial score (nSPS) is 16.6. The van der Waals surface area contributed by atoms with Gasteiger partial charge in [0.15, 0.2) is 0 Å². The second-order valence-corrected chi connectivity index (χ2v) is 5.67. The number of benzene rings is 1. The van der Waals surface area contributed by atoms with Gasteiger partial charge in [0.2, 0.25) is 0 Å². The lowest BCUT2D eigenvalue weighted by molar-refractivity contribution is -0.122. The van der Waals surface area contributed by atoms with E-state index in [9.17, 15) is 9.18 Å². The van der Waals surface area contributed by atoms with Crippen LogP contribution in [0.25, 0.3) is 0 Å². The smallest absolute Gasteiger partial charge is 0.144 e. The zero-order valence-corrected chi connectivity index (χ0v) is 11.3. The number of Topliss-reactive ketones (excluding diaryl/α,β-unsaturated/α-hetero) is 1. The molecular weight excluding hydrogens is 251 g/mol. The van der Waals surface area contributed by atoms with Gasteiger partial charge < -0.3 is 0 Å². The summed E-state index contributed by atoms with van der Waals surface area (Å²) in [4.78, 5) is 11.9. The van der Waals surface area contributed by atoms with Crippen molar-refractivity contribution in [3.8, 4) is 0 Å². The van der Waals surface area contributed by atoms with Crippen LogP contribution in [0.5, 0.6) is 0 Å². The molecule has 0 bridgehead atoms. The third-order valence-electron chi connectivity index (χ3n) is 3.61. The quantitative estimate of drug-likeness (QED) is 0.747. The van der Waals surface area contributed by atoms with Gasteiger partial charge in [-0.25, -0.2) is 4.39 Å². The van der Waals surface area contributed by atoms with Crippen LogP contribution >= 0.6 is 11.6 Å². The SMILES string of the molecule is C[C@@H](CC1CC1)C(=O)CCc1cccc(Cl)c1F. The van der Waals surface area contributed by atoms with Crippen molar-refractivity contribution in [2.75, 3.05) is 0 Å². The van der Waals surface area contributed by atoms with Crippen LogP contribution in [0.3, 0.4) is 0 Å². The zero-order valence-electron chi connectivity index (χ0n) is 10.6. The van der Waals surface area contributed by atoms with Crippen LogP contribution in [-0.4, -0.2) is 5.78 Å². The van der Waals surface area contributed by atoms with Crippen LogP contribution in [0.15, 0.2) is 18.2 Å². The number of hydrogen-bond donors (Lipinski definition) is 0. The summed E-state index contributed by atoms with van der Waals surface area (Å²) >= 11 is 5.71. The van der Waals surface area contributed by atoms with E-state index in [0.717, 1.165) is 12.3 Å². The predicted molar refractivity (Wildman–Crippen MR) is 71.2 cm³/mol. The largest absolute Gasteiger partial charge is 0.299 e. The molecule has 0 spiro atoms. The Morgan fingerprint density at radius 3 is 2.89 bits per heavy atom. The van der Waals surface area contributed by atoms with E-state index in [4.69, 9.17) is 11.6 Å². The van der Waals surface area contributed by atoms with E-state index in [1.165, 1.54) is 18.9 Å². The fourth-order valence-electron chi connectivity index (χ4n) is 2.23. The molecule has 1 aromatic rings. The molecule has 18 heavy (non-hydrogen) atoms.